The molecule has 0 amide bonds. The van der Waals surface area contributed by atoms with E-state index < -0.39 is 0 Å². The fourth-order valence-electron chi connectivity index (χ4n) is 5.94. The van der Waals surface area contributed by atoms with E-state index in [1.807, 2.05) is 97.1 Å². The van der Waals surface area contributed by atoms with Crippen molar-refractivity contribution in [2.75, 3.05) is 0 Å². The summed E-state index contributed by atoms with van der Waals surface area (Å²) < 4.78 is 12.5. The molecule has 2 N–H and O–H groups in total. The molecule has 0 saturated carbocycles. The van der Waals surface area contributed by atoms with E-state index >= 15 is 0 Å². The van der Waals surface area contributed by atoms with E-state index in [1.165, 1.54) is 0 Å². The predicted molar refractivity (Wildman–Crippen MR) is 180 cm³/mol. The fourth-order valence-corrected chi connectivity index (χ4v) is 5.94. The van der Waals surface area contributed by atoms with Gasteiger partial charge in [-0.1, -0.05) is 109 Å². The zero-order valence-electron chi connectivity index (χ0n) is 23.8. The van der Waals surface area contributed by atoms with Gasteiger partial charge in [0.1, 0.15) is 28.2 Å². The Balaban J connectivity index is 1.26. The van der Waals surface area contributed by atoms with Crippen LogP contribution in [0.3, 0.4) is 0 Å². The SMILES string of the molecule is NC(=NC(=NCc1cccc2oc3ccc(-c4cccc5oc6ccccc6c45)cc3c12)c1ccccc1)c1ccccc1. The average molecular weight is 570 g/mol. The first-order valence-corrected chi connectivity index (χ1v) is 14.6. The van der Waals surface area contributed by atoms with Gasteiger partial charge in [0.05, 0.1) is 6.54 Å². The van der Waals surface area contributed by atoms with Crippen LogP contribution < -0.4 is 5.73 Å². The van der Waals surface area contributed by atoms with Crippen LogP contribution in [-0.4, -0.2) is 11.7 Å². The van der Waals surface area contributed by atoms with E-state index in [1.54, 1.807) is 0 Å². The molecule has 6 aromatic carbocycles. The second-order valence-corrected chi connectivity index (χ2v) is 10.7. The van der Waals surface area contributed by atoms with Crippen LogP contribution in [-0.2, 0) is 6.54 Å². The van der Waals surface area contributed by atoms with Crippen molar-refractivity contribution in [3.8, 4) is 11.1 Å². The average Bonchev–Trinajstić information content (AvgIpc) is 3.66. The Hall–Kier alpha value is -5.94. The Morgan fingerprint density at radius 1 is 0.545 bits per heavy atom. The molecule has 2 aromatic heterocycles. The first-order valence-electron chi connectivity index (χ1n) is 14.6. The standard InChI is InChI=1S/C39H27N3O2/c40-38(25-11-3-1-4-12-25)42-39(26-13-5-2-6-14-26)41-24-28-15-9-19-34-36(28)31-23-27(21-22-33(31)44-34)29-17-10-20-35-37(29)30-16-7-8-18-32(30)43-35/h1-23H,24H2,(H2,40,41,42). The van der Waals surface area contributed by atoms with Gasteiger partial charge >= 0.3 is 0 Å². The molecule has 2 heterocycles. The first-order chi connectivity index (χ1) is 21.7. The summed E-state index contributed by atoms with van der Waals surface area (Å²) in [7, 11) is 0. The molecule has 0 bridgehead atoms. The molecular formula is C39H27N3O2. The van der Waals surface area contributed by atoms with Gasteiger partial charge in [0.25, 0.3) is 0 Å². The second kappa shape index (κ2) is 10.7. The number of para-hydroxylation sites is 1. The van der Waals surface area contributed by atoms with Gasteiger partial charge in [-0.25, -0.2) is 4.99 Å². The molecule has 0 unspecified atom stereocenters. The molecule has 0 atom stereocenters. The lowest BCUT2D eigenvalue weighted by molar-refractivity contribution is 0.668. The van der Waals surface area contributed by atoms with Crippen LogP contribution in [0.5, 0.6) is 0 Å². The third-order valence-electron chi connectivity index (χ3n) is 8.02. The Morgan fingerprint density at radius 2 is 1.18 bits per heavy atom. The second-order valence-electron chi connectivity index (χ2n) is 10.7. The van der Waals surface area contributed by atoms with Gasteiger partial charge in [0.2, 0.25) is 0 Å². The van der Waals surface area contributed by atoms with Crippen LogP contribution in [0.2, 0.25) is 0 Å². The smallest absolute Gasteiger partial charge is 0.157 e. The lowest BCUT2D eigenvalue weighted by Crippen LogP contribution is -2.16. The Kier molecular flexibility index (Phi) is 6.27. The molecule has 8 rings (SSSR count). The Labute approximate surface area is 253 Å². The highest BCUT2D eigenvalue weighted by Crippen LogP contribution is 2.39. The predicted octanol–water partition coefficient (Wildman–Crippen LogP) is 9.50. The van der Waals surface area contributed by atoms with Gasteiger partial charge in [-0.05, 0) is 47.0 Å². The van der Waals surface area contributed by atoms with Crippen LogP contribution in [0.1, 0.15) is 16.7 Å². The van der Waals surface area contributed by atoms with Crippen LogP contribution in [0.25, 0.3) is 55.0 Å². The number of nitrogens with two attached hydrogens (primary N) is 1. The number of fused-ring (bicyclic) bond motifs is 6. The van der Waals surface area contributed by atoms with Crippen molar-refractivity contribution < 1.29 is 8.83 Å². The molecule has 210 valence electrons. The maximum absolute atomic E-state index is 6.44. The minimum atomic E-state index is 0.411. The van der Waals surface area contributed by atoms with Gasteiger partial charge < -0.3 is 14.6 Å². The van der Waals surface area contributed by atoms with Gasteiger partial charge in [0.15, 0.2) is 5.84 Å². The summed E-state index contributed by atoms with van der Waals surface area (Å²) in [5.41, 5.74) is 14.9. The van der Waals surface area contributed by atoms with Gasteiger partial charge in [-0.2, -0.15) is 0 Å². The van der Waals surface area contributed by atoms with E-state index in [0.717, 1.165) is 71.7 Å². The van der Waals surface area contributed by atoms with E-state index in [4.69, 9.17) is 24.6 Å². The van der Waals surface area contributed by atoms with Crippen LogP contribution in [0, 0.1) is 0 Å². The lowest BCUT2D eigenvalue weighted by atomic mass is 9.97. The van der Waals surface area contributed by atoms with E-state index in [2.05, 4.69) is 42.5 Å². The van der Waals surface area contributed by atoms with E-state index in [0.29, 0.717) is 18.2 Å². The van der Waals surface area contributed by atoms with Crippen LogP contribution >= 0.6 is 0 Å². The minimum Gasteiger partial charge on any atom is -0.456 e. The zero-order chi connectivity index (χ0) is 29.5. The summed E-state index contributed by atoms with van der Waals surface area (Å²) in [6.45, 7) is 0.411. The van der Waals surface area contributed by atoms with Gasteiger partial charge in [-0.3, -0.25) is 4.99 Å². The quantitative estimate of drug-likeness (QED) is 0.166. The fraction of sp³-hybridized carbons (Fsp3) is 0.0256. The van der Waals surface area contributed by atoms with Gasteiger partial charge in [0, 0.05) is 32.7 Å². The van der Waals surface area contributed by atoms with Crippen LogP contribution in [0.4, 0.5) is 0 Å². The molecule has 44 heavy (non-hydrogen) atoms. The van der Waals surface area contributed by atoms with Crippen molar-refractivity contribution >= 4 is 55.5 Å². The number of nitrogens with zero attached hydrogens (tertiary/aromatic N) is 2. The number of furan rings is 2. The third-order valence-corrected chi connectivity index (χ3v) is 8.02. The summed E-state index contributed by atoms with van der Waals surface area (Å²) in [5.74, 6) is 1.00. The molecule has 0 aliphatic rings. The van der Waals surface area contributed by atoms with Crippen molar-refractivity contribution in [1.82, 2.24) is 0 Å². The van der Waals surface area contributed by atoms with Crippen molar-refractivity contribution in [2.45, 2.75) is 6.54 Å². The molecule has 0 fully saturated rings. The van der Waals surface area contributed by atoms with Crippen LogP contribution in [0.15, 0.2) is 158 Å². The van der Waals surface area contributed by atoms with Crippen molar-refractivity contribution in [3.63, 3.8) is 0 Å². The van der Waals surface area contributed by atoms with E-state index in [9.17, 15) is 0 Å². The maximum Gasteiger partial charge on any atom is 0.157 e. The van der Waals surface area contributed by atoms with Crippen molar-refractivity contribution in [3.05, 3.63) is 156 Å². The molecule has 8 aromatic rings. The summed E-state index contributed by atoms with van der Waals surface area (Å²) in [6, 6.07) is 46.6. The number of aliphatic imine (C=N–C) groups is 2. The summed E-state index contributed by atoms with van der Waals surface area (Å²) in [4.78, 5) is 9.79. The summed E-state index contributed by atoms with van der Waals surface area (Å²) in [6.07, 6.45) is 0. The zero-order valence-corrected chi connectivity index (χ0v) is 23.8. The highest BCUT2D eigenvalue weighted by atomic mass is 16.3. The topological polar surface area (TPSA) is 77.0 Å². The number of hydrogen-bond donors (Lipinski definition) is 1. The van der Waals surface area contributed by atoms with Crippen molar-refractivity contribution in [1.29, 1.82) is 0 Å². The summed E-state index contributed by atoms with van der Waals surface area (Å²) >= 11 is 0. The maximum atomic E-state index is 6.44. The van der Waals surface area contributed by atoms with Crippen molar-refractivity contribution in [2.24, 2.45) is 15.7 Å². The largest absolute Gasteiger partial charge is 0.456 e. The molecular weight excluding hydrogens is 542 g/mol. The van der Waals surface area contributed by atoms with Gasteiger partial charge in [-0.15, -0.1) is 0 Å². The third kappa shape index (κ3) is 4.52. The molecule has 0 aliphatic carbocycles. The molecule has 0 aliphatic heterocycles. The molecule has 0 spiro atoms. The Bertz CT molecular complexity index is 2360. The lowest BCUT2D eigenvalue weighted by Gasteiger charge is -2.07. The molecule has 0 saturated heterocycles. The van der Waals surface area contributed by atoms with E-state index in [-0.39, 0.29) is 0 Å². The number of amidine groups is 2. The molecule has 5 nitrogen and oxygen atoms in total. The molecule has 0 radical (unpaired) electrons. The minimum absolute atomic E-state index is 0.411. The summed E-state index contributed by atoms with van der Waals surface area (Å²) in [5, 5.41) is 4.31. The highest BCUT2D eigenvalue weighted by molar-refractivity contribution is 6.14. The molecule has 5 heteroatoms. The Morgan fingerprint density at radius 3 is 1.98 bits per heavy atom. The first kappa shape index (κ1) is 25.7. The number of benzene rings is 6. The highest BCUT2D eigenvalue weighted by Gasteiger charge is 2.16. The monoisotopic (exact) mass is 569 g/mol. The number of rotatable bonds is 5. The normalized spacial score (nSPS) is 12.5. The number of hydrogen-bond acceptors (Lipinski definition) is 3.